The predicted molar refractivity (Wildman–Crippen MR) is 54.0 cm³/mol. The van der Waals surface area contributed by atoms with Gasteiger partial charge in [0.05, 0.1) is 5.52 Å². The Morgan fingerprint density at radius 2 is 2.31 bits per heavy atom. The molecule has 3 nitrogen and oxygen atoms in total. The molecule has 0 aliphatic rings. The lowest BCUT2D eigenvalue weighted by Gasteiger charge is -1.92. The van der Waals surface area contributed by atoms with Gasteiger partial charge >= 0.3 is 0 Å². The number of rotatable bonds is 1. The van der Waals surface area contributed by atoms with E-state index in [1.807, 2.05) is 18.2 Å². The maximum atomic E-state index is 10.9. The van der Waals surface area contributed by atoms with E-state index < -0.39 is 5.24 Å². The number of hydrogen-bond acceptors (Lipinski definition) is 2. The summed E-state index contributed by atoms with van der Waals surface area (Å²) >= 11 is 8.68. The van der Waals surface area contributed by atoms with Crippen LogP contribution >= 0.6 is 27.5 Å². The van der Waals surface area contributed by atoms with Gasteiger partial charge in [0.25, 0.3) is 5.24 Å². The van der Waals surface area contributed by atoms with Crippen LogP contribution in [0, 0.1) is 0 Å². The molecule has 2 aromatic rings. The quantitative estimate of drug-likeness (QED) is 0.800. The molecule has 2 rings (SSSR count). The third-order valence-corrected chi connectivity index (χ3v) is 2.56. The predicted octanol–water partition coefficient (Wildman–Crippen LogP) is 2.70. The number of halogens is 2. The number of benzene rings is 1. The Morgan fingerprint density at radius 3 is 3.00 bits per heavy atom. The van der Waals surface area contributed by atoms with Gasteiger partial charge in [-0.15, -0.1) is 0 Å². The molecule has 1 N–H and O–H groups in total. The van der Waals surface area contributed by atoms with Crippen LogP contribution in [0.5, 0.6) is 0 Å². The summed E-state index contributed by atoms with van der Waals surface area (Å²) in [6.07, 6.45) is 0. The highest BCUT2D eigenvalue weighted by Crippen LogP contribution is 2.25. The topological polar surface area (TPSA) is 45.8 Å². The van der Waals surface area contributed by atoms with Gasteiger partial charge in [-0.1, -0.05) is 22.0 Å². The smallest absolute Gasteiger partial charge is 0.273 e. The molecule has 1 aromatic heterocycles. The molecule has 0 aliphatic carbocycles. The fraction of sp³-hybridized carbons (Fsp3) is 0. The van der Waals surface area contributed by atoms with E-state index >= 15 is 0 Å². The van der Waals surface area contributed by atoms with Gasteiger partial charge in [0.1, 0.15) is 0 Å². The summed E-state index contributed by atoms with van der Waals surface area (Å²) in [6.45, 7) is 0. The van der Waals surface area contributed by atoms with Gasteiger partial charge in [-0.2, -0.15) is 5.10 Å². The Labute approximate surface area is 87.2 Å². The Morgan fingerprint density at radius 1 is 1.54 bits per heavy atom. The molecule has 0 atom stereocenters. The molecule has 1 aromatic carbocycles. The molecule has 13 heavy (non-hydrogen) atoms. The summed E-state index contributed by atoms with van der Waals surface area (Å²) in [5, 5.41) is 6.71. The Bertz CT molecular complexity index is 480. The van der Waals surface area contributed by atoms with Crippen molar-refractivity contribution in [1.82, 2.24) is 10.2 Å². The van der Waals surface area contributed by atoms with Gasteiger partial charge in [0.15, 0.2) is 5.69 Å². The van der Waals surface area contributed by atoms with Crippen LogP contribution in [0.3, 0.4) is 0 Å². The summed E-state index contributed by atoms with van der Waals surface area (Å²) in [7, 11) is 0. The lowest BCUT2D eigenvalue weighted by Crippen LogP contribution is -1.89. The highest BCUT2D eigenvalue weighted by Gasteiger charge is 2.13. The molecule has 0 bridgehead atoms. The number of H-pyrrole nitrogens is 1. The van der Waals surface area contributed by atoms with Crippen molar-refractivity contribution in [2.45, 2.75) is 0 Å². The standard InChI is InChI=1S/C8H4BrClN2O/c9-4-2-1-3-5-6(4)7(8(10)13)12-11-5/h1-3H,(H,11,12). The van der Waals surface area contributed by atoms with E-state index in [1.165, 1.54) is 0 Å². The Hall–Kier alpha value is -0.870. The zero-order chi connectivity index (χ0) is 9.42. The van der Waals surface area contributed by atoms with Crippen LogP contribution < -0.4 is 0 Å². The van der Waals surface area contributed by atoms with Crippen molar-refractivity contribution in [1.29, 1.82) is 0 Å². The van der Waals surface area contributed by atoms with Crippen molar-refractivity contribution in [2.24, 2.45) is 0 Å². The van der Waals surface area contributed by atoms with Crippen molar-refractivity contribution in [2.75, 3.05) is 0 Å². The Kier molecular flexibility index (Phi) is 2.09. The lowest BCUT2D eigenvalue weighted by atomic mass is 10.2. The van der Waals surface area contributed by atoms with Crippen LogP contribution in [0.4, 0.5) is 0 Å². The van der Waals surface area contributed by atoms with Crippen molar-refractivity contribution < 1.29 is 4.79 Å². The monoisotopic (exact) mass is 258 g/mol. The lowest BCUT2D eigenvalue weighted by molar-refractivity contribution is 0.107. The molecule has 0 spiro atoms. The summed E-state index contributed by atoms with van der Waals surface area (Å²) in [6, 6.07) is 5.52. The van der Waals surface area contributed by atoms with Crippen LogP contribution in [0.25, 0.3) is 10.9 Å². The number of aromatic amines is 1. The minimum absolute atomic E-state index is 0.254. The number of hydrogen-bond donors (Lipinski definition) is 1. The van der Waals surface area contributed by atoms with Crippen LogP contribution in [0.2, 0.25) is 0 Å². The molecule has 5 heteroatoms. The first kappa shape index (κ1) is 8.72. The number of carbonyl (C=O) groups is 1. The molecule has 0 fully saturated rings. The van der Waals surface area contributed by atoms with Gasteiger partial charge in [0.2, 0.25) is 0 Å². The third-order valence-electron chi connectivity index (χ3n) is 1.72. The summed E-state index contributed by atoms with van der Waals surface area (Å²) in [4.78, 5) is 10.9. The van der Waals surface area contributed by atoms with E-state index in [9.17, 15) is 4.79 Å². The average molecular weight is 259 g/mol. The molecular weight excluding hydrogens is 255 g/mol. The molecular formula is C8H4BrClN2O. The molecule has 0 saturated carbocycles. The second-order valence-electron chi connectivity index (χ2n) is 2.51. The van der Waals surface area contributed by atoms with Gasteiger partial charge in [-0.3, -0.25) is 9.89 Å². The molecule has 0 radical (unpaired) electrons. The highest BCUT2D eigenvalue weighted by molar-refractivity contribution is 9.10. The minimum Gasteiger partial charge on any atom is -0.277 e. The first-order chi connectivity index (χ1) is 6.20. The second-order valence-corrected chi connectivity index (χ2v) is 3.71. The number of nitrogens with one attached hydrogen (secondary N) is 1. The average Bonchev–Trinajstić information content (AvgIpc) is 2.49. The Balaban J connectivity index is 2.86. The fourth-order valence-corrected chi connectivity index (χ4v) is 1.86. The maximum Gasteiger partial charge on any atom is 0.273 e. The molecule has 0 amide bonds. The summed E-state index contributed by atoms with van der Waals surface area (Å²) < 4.78 is 0.808. The van der Waals surface area contributed by atoms with Crippen LogP contribution in [0.15, 0.2) is 22.7 Å². The zero-order valence-electron chi connectivity index (χ0n) is 6.34. The van der Waals surface area contributed by atoms with Crippen LogP contribution in [0.1, 0.15) is 10.5 Å². The maximum absolute atomic E-state index is 10.9. The van der Waals surface area contributed by atoms with E-state index in [2.05, 4.69) is 26.1 Å². The van der Waals surface area contributed by atoms with Crippen molar-refractivity contribution >= 4 is 43.7 Å². The zero-order valence-corrected chi connectivity index (χ0v) is 8.69. The normalized spacial score (nSPS) is 10.6. The molecule has 66 valence electrons. The van der Waals surface area contributed by atoms with Crippen molar-refractivity contribution in [3.63, 3.8) is 0 Å². The van der Waals surface area contributed by atoms with E-state index in [4.69, 9.17) is 11.6 Å². The van der Waals surface area contributed by atoms with Gasteiger partial charge in [-0.25, -0.2) is 0 Å². The molecule has 1 heterocycles. The number of aromatic nitrogens is 2. The van der Waals surface area contributed by atoms with E-state index in [-0.39, 0.29) is 5.69 Å². The van der Waals surface area contributed by atoms with Gasteiger partial charge in [-0.05, 0) is 23.7 Å². The van der Waals surface area contributed by atoms with Gasteiger partial charge in [0, 0.05) is 9.86 Å². The second kappa shape index (κ2) is 3.12. The van der Waals surface area contributed by atoms with Crippen LogP contribution in [-0.2, 0) is 0 Å². The third kappa shape index (κ3) is 1.36. The number of nitrogens with zero attached hydrogens (tertiary/aromatic N) is 1. The van der Waals surface area contributed by atoms with E-state index in [0.29, 0.717) is 0 Å². The molecule has 0 unspecified atom stereocenters. The van der Waals surface area contributed by atoms with Crippen LogP contribution in [-0.4, -0.2) is 15.4 Å². The van der Waals surface area contributed by atoms with E-state index in [0.717, 1.165) is 15.4 Å². The minimum atomic E-state index is -0.557. The number of carbonyl (C=O) groups excluding carboxylic acids is 1. The fourth-order valence-electron chi connectivity index (χ4n) is 1.17. The first-order valence-corrected chi connectivity index (χ1v) is 4.69. The first-order valence-electron chi connectivity index (χ1n) is 3.52. The van der Waals surface area contributed by atoms with Crippen molar-refractivity contribution in [3.8, 4) is 0 Å². The summed E-state index contributed by atoms with van der Waals surface area (Å²) in [5.74, 6) is 0. The molecule has 0 aliphatic heterocycles. The van der Waals surface area contributed by atoms with E-state index in [1.54, 1.807) is 0 Å². The SMILES string of the molecule is O=C(Cl)c1n[nH]c2cccc(Br)c12. The largest absolute Gasteiger partial charge is 0.277 e. The highest BCUT2D eigenvalue weighted by atomic mass is 79.9. The molecule has 0 saturated heterocycles. The number of fused-ring (bicyclic) bond motifs is 1. The van der Waals surface area contributed by atoms with Gasteiger partial charge < -0.3 is 0 Å². The summed E-state index contributed by atoms with van der Waals surface area (Å²) in [5.41, 5.74) is 1.04. The van der Waals surface area contributed by atoms with Crippen molar-refractivity contribution in [3.05, 3.63) is 28.4 Å².